The summed E-state index contributed by atoms with van der Waals surface area (Å²) in [4.78, 5) is 30.1. The number of hydrogen-bond acceptors (Lipinski definition) is 8. The Morgan fingerprint density at radius 3 is 1.43 bits per heavy atom. The quantitative estimate of drug-likeness (QED) is 0.0751. The van der Waals surface area contributed by atoms with Gasteiger partial charge in [-0.25, -0.2) is 0 Å². The van der Waals surface area contributed by atoms with Crippen molar-refractivity contribution in [3.05, 3.63) is 140 Å². The molecule has 2 aliphatic rings. The minimum absolute atomic E-state index is 0.0283. The lowest BCUT2D eigenvalue weighted by Gasteiger charge is -2.25. The molecule has 12 heteroatoms. The Balaban J connectivity index is 0.000000181. The summed E-state index contributed by atoms with van der Waals surface area (Å²) >= 11 is 0. The number of carbonyl (C=O) groups excluding carboxylic acids is 2. The first kappa shape index (κ1) is 31.5. The molecule has 0 spiro atoms. The maximum atomic E-state index is 12.4. The normalized spacial score (nSPS) is 16.0. The number of ether oxygens (including phenoxy) is 4. The van der Waals surface area contributed by atoms with E-state index in [-0.39, 0.29) is 50.1 Å². The van der Waals surface area contributed by atoms with E-state index in [1.54, 1.807) is 36.4 Å². The molecule has 6 rings (SSSR count). The number of benzene rings is 4. The van der Waals surface area contributed by atoms with Crippen LogP contribution in [0.4, 0.5) is 0 Å². The van der Waals surface area contributed by atoms with Gasteiger partial charge in [0.15, 0.2) is 11.6 Å². The third-order valence-corrected chi connectivity index (χ3v) is 7.17. The molecule has 0 N–H and O–H groups in total. The third kappa shape index (κ3) is 8.15. The Morgan fingerprint density at radius 2 is 1.04 bits per heavy atom. The molecule has 0 radical (unpaired) electrons. The fraction of sp³-hybridized carbons (Fsp3) is 0.235. The summed E-state index contributed by atoms with van der Waals surface area (Å²) < 4.78 is 22.8. The second kappa shape index (κ2) is 15.7. The van der Waals surface area contributed by atoms with E-state index in [0.29, 0.717) is 47.0 Å². The van der Waals surface area contributed by atoms with Crippen LogP contribution in [0, 0.1) is 0 Å². The van der Waals surface area contributed by atoms with Gasteiger partial charge >= 0.3 is 0 Å². The summed E-state index contributed by atoms with van der Waals surface area (Å²) in [6.07, 6.45) is 0.0964. The van der Waals surface area contributed by atoms with E-state index in [4.69, 9.17) is 30.0 Å². The number of fused-ring (bicyclic) bond motifs is 2. The van der Waals surface area contributed by atoms with Crippen LogP contribution < -0.4 is 18.9 Å². The number of ketones is 2. The highest BCUT2D eigenvalue weighted by molar-refractivity contribution is 6.01. The SMILES string of the molecule is [N-]=[N+]=NCCOc1ccc2c(c1)C(=O)CC(c1ccccc1)O2.[N-]=[N+]=NCCOc1ccc2c(c1)C(=O)CC(c1ccccc1)O2. The van der Waals surface area contributed by atoms with Crippen molar-refractivity contribution in [3.8, 4) is 23.0 Å². The van der Waals surface area contributed by atoms with Gasteiger partial charge in [0.1, 0.15) is 35.2 Å². The minimum atomic E-state index is -0.257. The highest BCUT2D eigenvalue weighted by Gasteiger charge is 2.29. The van der Waals surface area contributed by atoms with Crippen molar-refractivity contribution in [2.45, 2.75) is 25.0 Å². The fourth-order valence-corrected chi connectivity index (χ4v) is 4.99. The molecule has 46 heavy (non-hydrogen) atoms. The van der Waals surface area contributed by atoms with Crippen LogP contribution in [0.2, 0.25) is 0 Å². The van der Waals surface area contributed by atoms with Crippen molar-refractivity contribution in [1.29, 1.82) is 0 Å². The molecule has 4 aromatic carbocycles. The number of azide groups is 2. The van der Waals surface area contributed by atoms with Gasteiger partial charge in [-0.15, -0.1) is 0 Å². The van der Waals surface area contributed by atoms with Crippen molar-refractivity contribution in [2.24, 2.45) is 10.2 Å². The maximum Gasteiger partial charge on any atom is 0.170 e. The molecule has 0 aliphatic carbocycles. The first-order chi connectivity index (χ1) is 22.6. The maximum absolute atomic E-state index is 12.4. The molecule has 2 unspecified atom stereocenters. The molecule has 232 valence electrons. The van der Waals surface area contributed by atoms with Gasteiger partial charge in [0.05, 0.1) is 50.3 Å². The Labute approximate surface area is 264 Å². The van der Waals surface area contributed by atoms with E-state index >= 15 is 0 Å². The molecule has 12 nitrogen and oxygen atoms in total. The summed E-state index contributed by atoms with van der Waals surface area (Å²) in [6.45, 7) is 1.03. The van der Waals surface area contributed by atoms with Crippen LogP contribution in [0.15, 0.2) is 107 Å². The molecule has 0 fully saturated rings. The van der Waals surface area contributed by atoms with Gasteiger partial charge in [0.25, 0.3) is 0 Å². The largest absolute Gasteiger partial charge is 0.493 e. The second-order valence-corrected chi connectivity index (χ2v) is 10.2. The van der Waals surface area contributed by atoms with Crippen LogP contribution in [-0.2, 0) is 0 Å². The van der Waals surface area contributed by atoms with Crippen molar-refractivity contribution >= 4 is 11.6 Å². The summed E-state index contributed by atoms with van der Waals surface area (Å²) in [5.41, 5.74) is 19.5. The first-order valence-corrected chi connectivity index (χ1v) is 14.6. The highest BCUT2D eigenvalue weighted by Crippen LogP contribution is 2.38. The Bertz CT molecular complexity index is 1640. The van der Waals surface area contributed by atoms with E-state index in [2.05, 4.69) is 20.1 Å². The Morgan fingerprint density at radius 1 is 0.630 bits per heavy atom. The predicted molar refractivity (Wildman–Crippen MR) is 169 cm³/mol. The topological polar surface area (TPSA) is 169 Å². The lowest BCUT2D eigenvalue weighted by Crippen LogP contribution is -2.20. The standard InChI is InChI=1S/2C17H15N3O3/c2*18-20-19-8-9-22-13-6-7-16-14(10-13)15(21)11-17(23-16)12-4-2-1-3-5-12/h2*1-7,10,17H,8-9,11H2. The molecule has 2 heterocycles. The number of carbonyl (C=O) groups is 2. The van der Waals surface area contributed by atoms with Crippen LogP contribution in [0.25, 0.3) is 20.9 Å². The molecule has 0 amide bonds. The fourth-order valence-electron chi connectivity index (χ4n) is 4.99. The van der Waals surface area contributed by atoms with Gasteiger partial charge in [-0.05, 0) is 58.6 Å². The van der Waals surface area contributed by atoms with E-state index in [0.717, 1.165) is 11.1 Å². The van der Waals surface area contributed by atoms with Crippen molar-refractivity contribution in [1.82, 2.24) is 0 Å². The summed E-state index contributed by atoms with van der Waals surface area (Å²) in [6, 6.07) is 29.7. The second-order valence-electron chi connectivity index (χ2n) is 10.2. The average Bonchev–Trinajstić information content (AvgIpc) is 3.10. The zero-order chi connectivity index (χ0) is 32.1. The van der Waals surface area contributed by atoms with Gasteiger partial charge in [-0.2, -0.15) is 0 Å². The Hall–Kier alpha value is -5.96. The molecule has 0 aromatic heterocycles. The zero-order valence-corrected chi connectivity index (χ0v) is 24.8. The van der Waals surface area contributed by atoms with Gasteiger partial charge in [-0.1, -0.05) is 70.9 Å². The monoisotopic (exact) mass is 618 g/mol. The molecule has 2 atom stereocenters. The van der Waals surface area contributed by atoms with Crippen LogP contribution in [0.1, 0.15) is 56.9 Å². The number of Topliss-reactive ketones (excluding diaryl/α,β-unsaturated/α-hetero) is 2. The predicted octanol–water partition coefficient (Wildman–Crippen LogP) is 8.16. The van der Waals surface area contributed by atoms with E-state index in [9.17, 15) is 9.59 Å². The van der Waals surface area contributed by atoms with Crippen LogP contribution in [-0.4, -0.2) is 37.9 Å². The number of hydrogen-bond donors (Lipinski definition) is 0. The molecule has 0 saturated heterocycles. The first-order valence-electron chi connectivity index (χ1n) is 14.6. The van der Waals surface area contributed by atoms with E-state index in [1.165, 1.54) is 0 Å². The number of rotatable bonds is 10. The Kier molecular flexibility index (Phi) is 10.7. The van der Waals surface area contributed by atoms with E-state index < -0.39 is 0 Å². The minimum Gasteiger partial charge on any atom is -0.493 e. The summed E-state index contributed by atoms with van der Waals surface area (Å²) in [5, 5.41) is 6.79. The van der Waals surface area contributed by atoms with E-state index in [1.807, 2.05) is 60.7 Å². The molecule has 4 aromatic rings. The van der Waals surface area contributed by atoms with Crippen molar-refractivity contribution in [2.75, 3.05) is 26.3 Å². The molecule has 0 saturated carbocycles. The van der Waals surface area contributed by atoms with Gasteiger partial charge in [0, 0.05) is 9.82 Å². The highest BCUT2D eigenvalue weighted by atomic mass is 16.5. The smallest absolute Gasteiger partial charge is 0.170 e. The summed E-state index contributed by atoms with van der Waals surface area (Å²) in [5.74, 6) is 2.31. The van der Waals surface area contributed by atoms with Gasteiger partial charge < -0.3 is 18.9 Å². The summed E-state index contributed by atoms with van der Waals surface area (Å²) in [7, 11) is 0. The van der Waals surface area contributed by atoms with Crippen molar-refractivity contribution < 1.29 is 28.5 Å². The molecular weight excluding hydrogens is 588 g/mol. The third-order valence-electron chi connectivity index (χ3n) is 7.17. The van der Waals surface area contributed by atoms with Crippen LogP contribution in [0.5, 0.6) is 23.0 Å². The van der Waals surface area contributed by atoms with Gasteiger partial charge in [0.2, 0.25) is 0 Å². The lowest BCUT2D eigenvalue weighted by atomic mass is 9.96. The zero-order valence-electron chi connectivity index (χ0n) is 24.8. The average molecular weight is 619 g/mol. The lowest BCUT2D eigenvalue weighted by molar-refractivity contribution is 0.0840. The van der Waals surface area contributed by atoms with Crippen LogP contribution in [0.3, 0.4) is 0 Å². The van der Waals surface area contributed by atoms with Gasteiger partial charge in [-0.3, -0.25) is 9.59 Å². The molecule has 0 bridgehead atoms. The van der Waals surface area contributed by atoms with Crippen LogP contribution >= 0.6 is 0 Å². The number of nitrogens with zero attached hydrogens (tertiary/aromatic N) is 6. The van der Waals surface area contributed by atoms with Crippen molar-refractivity contribution in [3.63, 3.8) is 0 Å². The molecule has 2 aliphatic heterocycles. The molecular formula is C34H30N6O6.